The topological polar surface area (TPSA) is 40.5 Å². The number of aromatic hydroxyl groups is 1. The maximum atomic E-state index is 10.0. The molecule has 0 heterocycles. The summed E-state index contributed by atoms with van der Waals surface area (Å²) in [4.78, 5) is 0. The Morgan fingerprint density at radius 3 is 2.50 bits per heavy atom. The quantitative estimate of drug-likeness (QED) is 0.804. The summed E-state index contributed by atoms with van der Waals surface area (Å²) in [7, 11) is 0. The van der Waals surface area contributed by atoms with Crippen LogP contribution in [-0.2, 0) is 12.8 Å². The van der Waals surface area contributed by atoms with Crippen molar-refractivity contribution in [2.45, 2.75) is 45.4 Å². The van der Waals surface area contributed by atoms with Gasteiger partial charge in [0, 0.05) is 18.1 Å². The minimum atomic E-state index is 0.0347. The normalized spacial score (nSPS) is 16.9. The van der Waals surface area contributed by atoms with E-state index in [0.717, 1.165) is 18.4 Å². The third-order valence-corrected chi connectivity index (χ3v) is 3.66. The highest BCUT2D eigenvalue weighted by molar-refractivity contribution is 5.51. The fourth-order valence-corrected chi connectivity index (χ4v) is 2.80. The lowest BCUT2D eigenvalue weighted by Crippen LogP contribution is -2.12. The van der Waals surface area contributed by atoms with Gasteiger partial charge in [-0.2, -0.15) is 0 Å². The number of aliphatic hydroxyl groups excluding tert-OH is 1. The third-order valence-electron chi connectivity index (χ3n) is 3.66. The monoisotopic (exact) mass is 220 g/mol. The molecular formula is C14H20O2. The van der Waals surface area contributed by atoms with Crippen LogP contribution in [0.2, 0.25) is 0 Å². The molecule has 2 nitrogen and oxygen atoms in total. The summed E-state index contributed by atoms with van der Waals surface area (Å²) in [5.74, 6) is 0.396. The average molecular weight is 220 g/mol. The highest BCUT2D eigenvalue weighted by atomic mass is 16.3. The van der Waals surface area contributed by atoms with E-state index in [1.807, 2.05) is 13.0 Å². The highest BCUT2D eigenvalue weighted by Crippen LogP contribution is 2.37. The molecular weight excluding hydrogens is 200 g/mol. The molecule has 2 heteroatoms. The molecule has 0 radical (unpaired) electrons. The van der Waals surface area contributed by atoms with Crippen molar-refractivity contribution in [3.8, 4) is 5.75 Å². The first-order valence-electron chi connectivity index (χ1n) is 6.10. The lowest BCUT2D eigenvalue weighted by atomic mass is 9.81. The Kier molecular flexibility index (Phi) is 3.20. The summed E-state index contributed by atoms with van der Waals surface area (Å²) in [5, 5.41) is 19.3. The Morgan fingerprint density at radius 1 is 1.25 bits per heavy atom. The number of aryl methyl sites for hydroxylation is 1. The first-order valence-corrected chi connectivity index (χ1v) is 6.10. The number of hydrogen-bond donors (Lipinski definition) is 2. The molecule has 0 saturated heterocycles. The second-order valence-electron chi connectivity index (χ2n) is 4.87. The zero-order valence-electron chi connectivity index (χ0n) is 10.1. The van der Waals surface area contributed by atoms with Crippen LogP contribution in [0.3, 0.4) is 0 Å². The van der Waals surface area contributed by atoms with Gasteiger partial charge >= 0.3 is 0 Å². The molecule has 0 aromatic heterocycles. The molecule has 0 saturated carbocycles. The molecule has 0 aliphatic heterocycles. The minimum Gasteiger partial charge on any atom is -0.508 e. The first-order chi connectivity index (χ1) is 7.65. The Bertz CT molecular complexity index is 396. The molecule has 1 unspecified atom stereocenters. The van der Waals surface area contributed by atoms with Crippen LogP contribution in [0, 0.1) is 6.92 Å². The zero-order valence-corrected chi connectivity index (χ0v) is 10.1. The van der Waals surface area contributed by atoms with Gasteiger partial charge in [-0.1, -0.05) is 6.92 Å². The van der Waals surface area contributed by atoms with E-state index in [-0.39, 0.29) is 12.5 Å². The van der Waals surface area contributed by atoms with E-state index in [9.17, 15) is 10.2 Å². The summed E-state index contributed by atoms with van der Waals surface area (Å²) in [5.41, 5.74) is 4.87. The number of rotatable bonds is 2. The highest BCUT2D eigenvalue weighted by Gasteiger charge is 2.21. The molecule has 1 aromatic rings. The standard InChI is InChI=1S/C14H20O2/c1-9-7-13(16)14(10(2)8-15)12-6-4-3-5-11(9)12/h7,10,15-16H,3-6,8H2,1-2H3. The Hall–Kier alpha value is -1.02. The number of aliphatic hydroxyl groups is 1. The van der Waals surface area contributed by atoms with E-state index in [0.29, 0.717) is 5.75 Å². The summed E-state index contributed by atoms with van der Waals surface area (Å²) >= 11 is 0. The molecule has 88 valence electrons. The van der Waals surface area contributed by atoms with Gasteiger partial charge in [-0.25, -0.2) is 0 Å². The van der Waals surface area contributed by atoms with Crippen molar-refractivity contribution >= 4 is 0 Å². The van der Waals surface area contributed by atoms with E-state index in [1.54, 1.807) is 0 Å². The van der Waals surface area contributed by atoms with Gasteiger partial charge in [0.25, 0.3) is 0 Å². The molecule has 16 heavy (non-hydrogen) atoms. The first kappa shape index (κ1) is 11.5. The second kappa shape index (κ2) is 4.46. The predicted octanol–water partition coefficient (Wildman–Crippen LogP) is 2.68. The van der Waals surface area contributed by atoms with Crippen molar-refractivity contribution < 1.29 is 10.2 Å². The summed E-state index contributed by atoms with van der Waals surface area (Å²) in [6, 6.07) is 1.85. The van der Waals surface area contributed by atoms with Gasteiger partial charge in [-0.05, 0) is 55.4 Å². The smallest absolute Gasteiger partial charge is 0.119 e. The maximum Gasteiger partial charge on any atom is 0.119 e. The maximum absolute atomic E-state index is 10.0. The number of phenolic OH excluding ortho intramolecular Hbond substituents is 1. The summed E-state index contributed by atoms with van der Waals surface area (Å²) in [6.07, 6.45) is 4.60. The van der Waals surface area contributed by atoms with Gasteiger partial charge in [0.1, 0.15) is 5.75 Å². The van der Waals surface area contributed by atoms with E-state index in [2.05, 4.69) is 6.92 Å². The van der Waals surface area contributed by atoms with Gasteiger partial charge < -0.3 is 10.2 Å². The molecule has 0 amide bonds. The SMILES string of the molecule is Cc1cc(O)c(C(C)CO)c2c1CCCC2. The minimum absolute atomic E-state index is 0.0347. The Labute approximate surface area is 96.9 Å². The van der Waals surface area contributed by atoms with Gasteiger partial charge in [0.15, 0.2) is 0 Å². The van der Waals surface area contributed by atoms with E-state index >= 15 is 0 Å². The number of benzene rings is 1. The van der Waals surface area contributed by atoms with Gasteiger partial charge in [0.05, 0.1) is 0 Å². The zero-order chi connectivity index (χ0) is 11.7. The van der Waals surface area contributed by atoms with Crippen LogP contribution in [-0.4, -0.2) is 16.8 Å². The number of hydrogen-bond acceptors (Lipinski definition) is 2. The molecule has 0 bridgehead atoms. The largest absolute Gasteiger partial charge is 0.508 e. The second-order valence-corrected chi connectivity index (χ2v) is 4.87. The lowest BCUT2D eigenvalue weighted by molar-refractivity contribution is 0.269. The van der Waals surface area contributed by atoms with Gasteiger partial charge in [0.2, 0.25) is 0 Å². The van der Waals surface area contributed by atoms with Crippen LogP contribution in [0.15, 0.2) is 6.07 Å². The Balaban J connectivity index is 2.58. The van der Waals surface area contributed by atoms with Crippen molar-refractivity contribution in [2.24, 2.45) is 0 Å². The molecule has 1 aliphatic carbocycles. The van der Waals surface area contributed by atoms with Gasteiger partial charge in [-0.15, -0.1) is 0 Å². The molecule has 1 atom stereocenters. The number of phenols is 1. The fraction of sp³-hybridized carbons (Fsp3) is 0.571. The third kappa shape index (κ3) is 1.82. The molecule has 1 aliphatic rings. The van der Waals surface area contributed by atoms with Crippen molar-refractivity contribution in [1.82, 2.24) is 0 Å². The van der Waals surface area contributed by atoms with E-state index in [4.69, 9.17) is 0 Å². The summed E-state index contributed by atoms with van der Waals surface area (Å²) in [6.45, 7) is 4.14. The molecule has 0 spiro atoms. The van der Waals surface area contributed by atoms with Crippen LogP contribution in [0.4, 0.5) is 0 Å². The molecule has 1 aromatic carbocycles. The van der Waals surface area contributed by atoms with Crippen LogP contribution < -0.4 is 0 Å². The predicted molar refractivity (Wildman–Crippen MR) is 65.0 cm³/mol. The summed E-state index contributed by atoms with van der Waals surface area (Å²) < 4.78 is 0. The van der Waals surface area contributed by atoms with Crippen LogP contribution >= 0.6 is 0 Å². The fourth-order valence-electron chi connectivity index (χ4n) is 2.80. The van der Waals surface area contributed by atoms with Crippen molar-refractivity contribution in [3.63, 3.8) is 0 Å². The molecule has 2 rings (SSSR count). The van der Waals surface area contributed by atoms with Crippen molar-refractivity contribution in [2.75, 3.05) is 6.61 Å². The van der Waals surface area contributed by atoms with E-state index < -0.39 is 0 Å². The van der Waals surface area contributed by atoms with Crippen molar-refractivity contribution in [1.29, 1.82) is 0 Å². The van der Waals surface area contributed by atoms with Gasteiger partial charge in [-0.3, -0.25) is 0 Å². The van der Waals surface area contributed by atoms with Crippen LogP contribution in [0.5, 0.6) is 5.75 Å². The van der Waals surface area contributed by atoms with Crippen LogP contribution in [0.25, 0.3) is 0 Å². The Morgan fingerprint density at radius 2 is 1.88 bits per heavy atom. The molecule has 2 N–H and O–H groups in total. The average Bonchev–Trinajstić information content (AvgIpc) is 2.28. The number of fused-ring (bicyclic) bond motifs is 1. The lowest BCUT2D eigenvalue weighted by Gasteiger charge is -2.25. The van der Waals surface area contributed by atoms with E-state index in [1.165, 1.54) is 29.5 Å². The van der Waals surface area contributed by atoms with Crippen molar-refractivity contribution in [3.05, 3.63) is 28.3 Å². The molecule has 0 fully saturated rings. The van der Waals surface area contributed by atoms with Crippen LogP contribution in [0.1, 0.15) is 47.9 Å².